The molecular formula is C16H13BrN4O2. The largest absolute Gasteiger partial charge is 0.342 e. The van der Waals surface area contributed by atoms with Crippen molar-refractivity contribution in [3.8, 4) is 0 Å². The summed E-state index contributed by atoms with van der Waals surface area (Å²) in [6.07, 6.45) is 0.0509. The molecule has 1 heterocycles. The van der Waals surface area contributed by atoms with Gasteiger partial charge in [-0.15, -0.1) is 0 Å². The van der Waals surface area contributed by atoms with Gasteiger partial charge < -0.3 is 4.98 Å². The van der Waals surface area contributed by atoms with E-state index in [1.165, 1.54) is 0 Å². The number of nitrogens with zero attached hydrogens (tertiary/aromatic N) is 1. The lowest BCUT2D eigenvalue weighted by Gasteiger charge is -2.06. The third-order valence-corrected chi connectivity index (χ3v) is 3.72. The lowest BCUT2D eigenvalue weighted by Crippen LogP contribution is -2.42. The van der Waals surface area contributed by atoms with E-state index in [0.717, 1.165) is 15.5 Å². The van der Waals surface area contributed by atoms with Crippen molar-refractivity contribution in [1.29, 1.82) is 0 Å². The van der Waals surface area contributed by atoms with Crippen LogP contribution in [0, 0.1) is 0 Å². The molecule has 0 unspecified atom stereocenters. The van der Waals surface area contributed by atoms with Gasteiger partial charge in [-0.2, -0.15) is 0 Å². The minimum atomic E-state index is -0.379. The molecule has 0 bridgehead atoms. The highest BCUT2D eigenvalue weighted by atomic mass is 79.9. The Morgan fingerprint density at radius 1 is 1.04 bits per heavy atom. The van der Waals surface area contributed by atoms with Crippen LogP contribution in [0.3, 0.4) is 0 Å². The summed E-state index contributed by atoms with van der Waals surface area (Å²) in [4.78, 5) is 31.2. The Balaban J connectivity index is 1.56. The number of aromatic nitrogens is 2. The highest BCUT2D eigenvalue weighted by Gasteiger charge is 2.10. The minimum absolute atomic E-state index is 0.0509. The molecule has 0 spiro atoms. The van der Waals surface area contributed by atoms with Gasteiger partial charge in [0.1, 0.15) is 5.82 Å². The highest BCUT2D eigenvalue weighted by molar-refractivity contribution is 9.10. The van der Waals surface area contributed by atoms with Crippen LogP contribution in [0.5, 0.6) is 0 Å². The van der Waals surface area contributed by atoms with Crippen molar-refractivity contribution in [2.24, 2.45) is 0 Å². The van der Waals surface area contributed by atoms with Crippen LogP contribution < -0.4 is 10.9 Å². The number of benzene rings is 2. The van der Waals surface area contributed by atoms with Gasteiger partial charge in [-0.1, -0.05) is 28.1 Å². The maximum absolute atomic E-state index is 11.9. The quantitative estimate of drug-likeness (QED) is 0.616. The molecule has 1 aromatic heterocycles. The van der Waals surface area contributed by atoms with Gasteiger partial charge >= 0.3 is 0 Å². The topological polar surface area (TPSA) is 86.9 Å². The summed E-state index contributed by atoms with van der Waals surface area (Å²) in [5.74, 6) is -0.188. The number of rotatable bonds is 3. The van der Waals surface area contributed by atoms with E-state index in [4.69, 9.17) is 0 Å². The number of hydrazine groups is 1. The maximum Gasteiger partial charge on any atom is 0.269 e. The standard InChI is InChI=1S/C16H13BrN4O2/c17-11-7-5-10(6-8-11)16(23)21-20-15(22)9-14-18-12-3-1-2-4-13(12)19-14/h1-8H,9H2,(H,18,19)(H,20,22)(H,21,23). The number of carbonyl (C=O) groups excluding carboxylic acids is 2. The second-order valence-corrected chi connectivity index (χ2v) is 5.80. The third-order valence-electron chi connectivity index (χ3n) is 3.19. The van der Waals surface area contributed by atoms with Crippen molar-refractivity contribution in [1.82, 2.24) is 20.8 Å². The number of para-hydroxylation sites is 2. The average molecular weight is 373 g/mol. The van der Waals surface area contributed by atoms with Gasteiger partial charge in [-0.3, -0.25) is 20.4 Å². The summed E-state index contributed by atoms with van der Waals surface area (Å²) in [6.45, 7) is 0. The monoisotopic (exact) mass is 372 g/mol. The number of hydrogen-bond donors (Lipinski definition) is 3. The summed E-state index contributed by atoms with van der Waals surface area (Å²) in [7, 11) is 0. The summed E-state index contributed by atoms with van der Waals surface area (Å²) < 4.78 is 0.878. The van der Waals surface area contributed by atoms with Crippen LogP contribution in [0.25, 0.3) is 11.0 Å². The summed E-state index contributed by atoms with van der Waals surface area (Å²) in [6, 6.07) is 14.3. The molecule has 2 aromatic carbocycles. The average Bonchev–Trinajstić information content (AvgIpc) is 2.95. The maximum atomic E-state index is 11.9. The second-order valence-electron chi connectivity index (χ2n) is 4.89. The van der Waals surface area contributed by atoms with E-state index in [9.17, 15) is 9.59 Å². The molecule has 0 saturated carbocycles. The lowest BCUT2D eigenvalue weighted by molar-refractivity contribution is -0.121. The molecule has 0 aliphatic rings. The van der Waals surface area contributed by atoms with Crippen LogP contribution >= 0.6 is 15.9 Å². The summed E-state index contributed by atoms with van der Waals surface area (Å²) in [5, 5.41) is 0. The van der Waals surface area contributed by atoms with E-state index < -0.39 is 0 Å². The Kier molecular flexibility index (Phi) is 4.38. The Labute approximate surface area is 140 Å². The zero-order chi connectivity index (χ0) is 16.2. The number of halogens is 1. The van der Waals surface area contributed by atoms with Crippen molar-refractivity contribution in [3.63, 3.8) is 0 Å². The molecule has 3 N–H and O–H groups in total. The molecule has 0 fully saturated rings. The fourth-order valence-electron chi connectivity index (χ4n) is 2.09. The molecule has 23 heavy (non-hydrogen) atoms. The van der Waals surface area contributed by atoms with Gasteiger partial charge in [0, 0.05) is 10.0 Å². The third kappa shape index (κ3) is 3.75. The first kappa shape index (κ1) is 15.2. The number of amides is 2. The smallest absolute Gasteiger partial charge is 0.269 e. The molecule has 6 nitrogen and oxygen atoms in total. The Hall–Kier alpha value is -2.67. The molecule has 7 heteroatoms. The Morgan fingerprint density at radius 3 is 2.52 bits per heavy atom. The van der Waals surface area contributed by atoms with Gasteiger partial charge in [-0.05, 0) is 36.4 Å². The Bertz CT molecular complexity index is 825. The number of aromatic amines is 1. The van der Waals surface area contributed by atoms with E-state index in [1.54, 1.807) is 24.3 Å². The van der Waals surface area contributed by atoms with Gasteiger partial charge in [0.2, 0.25) is 5.91 Å². The van der Waals surface area contributed by atoms with Crippen molar-refractivity contribution in [3.05, 3.63) is 64.4 Å². The first-order valence-electron chi connectivity index (χ1n) is 6.90. The number of carbonyl (C=O) groups is 2. The number of nitrogens with one attached hydrogen (secondary N) is 3. The predicted octanol–water partition coefficient (Wildman–Crippen LogP) is 2.33. The summed E-state index contributed by atoms with van der Waals surface area (Å²) in [5.41, 5.74) is 6.88. The van der Waals surface area contributed by atoms with E-state index in [-0.39, 0.29) is 18.2 Å². The van der Waals surface area contributed by atoms with Crippen molar-refractivity contribution >= 4 is 38.8 Å². The minimum Gasteiger partial charge on any atom is -0.342 e. The van der Waals surface area contributed by atoms with Crippen molar-refractivity contribution in [2.45, 2.75) is 6.42 Å². The number of hydrogen-bond acceptors (Lipinski definition) is 3. The first-order chi connectivity index (χ1) is 11.1. The zero-order valence-electron chi connectivity index (χ0n) is 12.0. The number of imidazole rings is 1. The molecule has 0 radical (unpaired) electrons. The van der Waals surface area contributed by atoms with Crippen molar-refractivity contribution in [2.75, 3.05) is 0 Å². The van der Waals surface area contributed by atoms with Gasteiger partial charge in [0.05, 0.1) is 17.5 Å². The SMILES string of the molecule is O=C(Cc1nc2ccccc2[nH]1)NNC(=O)c1ccc(Br)cc1. The van der Waals surface area contributed by atoms with Crippen LogP contribution in [0.1, 0.15) is 16.2 Å². The number of fused-ring (bicyclic) bond motifs is 1. The molecular weight excluding hydrogens is 360 g/mol. The van der Waals surface area contributed by atoms with Gasteiger partial charge in [0.15, 0.2) is 0 Å². The van der Waals surface area contributed by atoms with E-state index in [1.807, 2.05) is 24.3 Å². The van der Waals surface area contributed by atoms with E-state index in [2.05, 4.69) is 36.7 Å². The fourth-order valence-corrected chi connectivity index (χ4v) is 2.35. The van der Waals surface area contributed by atoms with Crippen LogP contribution in [0.4, 0.5) is 0 Å². The summed E-state index contributed by atoms with van der Waals surface area (Å²) >= 11 is 3.30. The molecule has 116 valence electrons. The van der Waals surface area contributed by atoms with Crippen LogP contribution in [-0.4, -0.2) is 21.8 Å². The Morgan fingerprint density at radius 2 is 1.78 bits per heavy atom. The van der Waals surface area contributed by atoms with Gasteiger partial charge in [0.25, 0.3) is 5.91 Å². The van der Waals surface area contributed by atoms with Crippen molar-refractivity contribution < 1.29 is 9.59 Å². The van der Waals surface area contributed by atoms with Gasteiger partial charge in [-0.25, -0.2) is 4.98 Å². The molecule has 0 atom stereocenters. The van der Waals surface area contributed by atoms with Crippen LogP contribution in [0.2, 0.25) is 0 Å². The highest BCUT2D eigenvalue weighted by Crippen LogP contribution is 2.11. The van der Waals surface area contributed by atoms with E-state index in [0.29, 0.717) is 11.4 Å². The molecule has 3 rings (SSSR count). The number of H-pyrrole nitrogens is 1. The van der Waals surface area contributed by atoms with Crippen LogP contribution in [-0.2, 0) is 11.2 Å². The molecule has 0 aliphatic carbocycles. The first-order valence-corrected chi connectivity index (χ1v) is 7.69. The fraction of sp³-hybridized carbons (Fsp3) is 0.0625. The van der Waals surface area contributed by atoms with E-state index >= 15 is 0 Å². The predicted molar refractivity (Wildman–Crippen MR) is 89.5 cm³/mol. The molecule has 3 aromatic rings. The molecule has 0 saturated heterocycles. The van der Waals surface area contributed by atoms with Crippen LogP contribution in [0.15, 0.2) is 53.0 Å². The zero-order valence-corrected chi connectivity index (χ0v) is 13.6. The lowest BCUT2D eigenvalue weighted by atomic mass is 10.2. The molecule has 0 aliphatic heterocycles. The normalized spacial score (nSPS) is 10.5. The second kappa shape index (κ2) is 6.62. The molecule has 2 amide bonds.